The SMILES string of the molecule is Nc1nc(CCC(=O)N[C@H]2[C@H]3CCO[C@H]3[C@@H]2N2CCCC2)cs1. The maximum atomic E-state index is 12.3. The van der Waals surface area contributed by atoms with Crippen molar-refractivity contribution in [1.29, 1.82) is 0 Å². The quantitative estimate of drug-likeness (QED) is 0.839. The molecule has 3 aliphatic rings. The summed E-state index contributed by atoms with van der Waals surface area (Å²) in [6, 6.07) is 0.637. The topological polar surface area (TPSA) is 80.5 Å². The van der Waals surface area contributed by atoms with Crippen LogP contribution in [-0.4, -0.2) is 53.7 Å². The van der Waals surface area contributed by atoms with Crippen LogP contribution in [-0.2, 0) is 16.0 Å². The Morgan fingerprint density at radius 3 is 3.04 bits per heavy atom. The van der Waals surface area contributed by atoms with Crippen molar-refractivity contribution >= 4 is 22.4 Å². The van der Waals surface area contributed by atoms with Crippen LogP contribution in [0.15, 0.2) is 5.38 Å². The average Bonchev–Trinajstić information content (AvgIpc) is 3.25. The lowest BCUT2D eigenvalue weighted by Gasteiger charge is -2.51. The number of nitrogens with one attached hydrogen (secondary N) is 1. The third-order valence-electron chi connectivity index (χ3n) is 5.42. The largest absolute Gasteiger partial charge is 0.376 e. The lowest BCUT2D eigenvalue weighted by atomic mass is 9.70. The molecule has 2 aliphatic heterocycles. The van der Waals surface area contributed by atoms with Gasteiger partial charge >= 0.3 is 0 Å². The zero-order valence-electron chi connectivity index (χ0n) is 13.2. The van der Waals surface area contributed by atoms with Gasteiger partial charge in [0.2, 0.25) is 5.91 Å². The number of aromatic nitrogens is 1. The fourth-order valence-corrected chi connectivity index (χ4v) is 4.88. The number of carbonyl (C=O) groups is 1. The number of nitrogens with zero attached hydrogens (tertiary/aromatic N) is 2. The van der Waals surface area contributed by atoms with Gasteiger partial charge in [-0.1, -0.05) is 0 Å². The van der Waals surface area contributed by atoms with Crippen LogP contribution in [0.1, 0.15) is 31.4 Å². The molecular weight excluding hydrogens is 312 g/mol. The van der Waals surface area contributed by atoms with Gasteiger partial charge in [0.25, 0.3) is 0 Å². The van der Waals surface area contributed by atoms with E-state index in [1.165, 1.54) is 24.2 Å². The standard InChI is InChI=1S/C16H24N4O2S/c17-16-18-10(9-23-16)3-4-12(21)19-13-11-5-8-22-15(11)14(13)20-6-1-2-7-20/h9,11,13-15H,1-8H2,(H2,17,18)(H,19,21)/t11-,13+,14-,15-/m1/s1. The zero-order chi connectivity index (χ0) is 15.8. The van der Waals surface area contributed by atoms with E-state index < -0.39 is 0 Å². The summed E-state index contributed by atoms with van der Waals surface area (Å²) in [7, 11) is 0. The Hall–Kier alpha value is -1.18. The summed E-state index contributed by atoms with van der Waals surface area (Å²) in [5, 5.41) is 5.77. The van der Waals surface area contributed by atoms with Crippen molar-refractivity contribution in [2.75, 3.05) is 25.4 Å². The van der Waals surface area contributed by atoms with E-state index in [0.29, 0.717) is 36.0 Å². The van der Waals surface area contributed by atoms with E-state index in [0.717, 1.165) is 31.8 Å². The van der Waals surface area contributed by atoms with Gasteiger partial charge in [0.15, 0.2) is 5.13 Å². The summed E-state index contributed by atoms with van der Waals surface area (Å²) in [5.74, 6) is 0.621. The molecule has 1 saturated carbocycles. The molecule has 0 unspecified atom stereocenters. The molecule has 1 aromatic heterocycles. The summed E-state index contributed by atoms with van der Waals surface area (Å²) in [5.41, 5.74) is 6.54. The lowest BCUT2D eigenvalue weighted by molar-refractivity contribution is -0.128. The second kappa shape index (κ2) is 6.37. The summed E-state index contributed by atoms with van der Waals surface area (Å²) in [6.07, 6.45) is 5.06. The molecule has 0 spiro atoms. The number of likely N-dealkylation sites (tertiary alicyclic amines) is 1. The van der Waals surface area contributed by atoms with Gasteiger partial charge < -0.3 is 15.8 Å². The number of amides is 1. The number of rotatable bonds is 5. The van der Waals surface area contributed by atoms with Crippen molar-refractivity contribution in [3.63, 3.8) is 0 Å². The molecule has 3 N–H and O–H groups in total. The molecule has 7 heteroatoms. The first-order chi connectivity index (χ1) is 11.2. The molecule has 3 fully saturated rings. The molecule has 4 atom stereocenters. The van der Waals surface area contributed by atoms with Crippen LogP contribution in [0.5, 0.6) is 0 Å². The second-order valence-corrected chi connectivity index (χ2v) is 7.68. The van der Waals surface area contributed by atoms with Gasteiger partial charge in [-0.25, -0.2) is 4.98 Å². The molecule has 3 heterocycles. The normalized spacial score (nSPS) is 33.4. The minimum atomic E-state index is 0.121. The number of ether oxygens (including phenoxy) is 1. The molecule has 126 valence electrons. The Morgan fingerprint density at radius 2 is 2.30 bits per heavy atom. The van der Waals surface area contributed by atoms with Gasteiger partial charge in [0.1, 0.15) is 0 Å². The van der Waals surface area contributed by atoms with E-state index in [1.54, 1.807) is 0 Å². The first-order valence-corrected chi connectivity index (χ1v) is 9.45. The molecule has 1 aromatic rings. The van der Waals surface area contributed by atoms with Crippen LogP contribution in [0.3, 0.4) is 0 Å². The van der Waals surface area contributed by atoms with Crippen molar-refractivity contribution in [2.24, 2.45) is 5.92 Å². The van der Waals surface area contributed by atoms with Gasteiger partial charge in [-0.15, -0.1) is 11.3 Å². The molecule has 0 aromatic carbocycles. The Labute approximate surface area is 140 Å². The van der Waals surface area contributed by atoms with Gasteiger partial charge in [-0.05, 0) is 38.8 Å². The summed E-state index contributed by atoms with van der Waals surface area (Å²) < 4.78 is 5.91. The molecule has 2 saturated heterocycles. The Bertz CT molecular complexity index is 567. The number of hydrogen-bond acceptors (Lipinski definition) is 6. The number of carbonyl (C=O) groups excluding carboxylic acids is 1. The highest BCUT2D eigenvalue weighted by Crippen LogP contribution is 2.42. The van der Waals surface area contributed by atoms with Crippen LogP contribution < -0.4 is 11.1 Å². The van der Waals surface area contributed by atoms with Gasteiger partial charge in [-0.2, -0.15) is 0 Å². The molecule has 0 radical (unpaired) electrons. The highest BCUT2D eigenvalue weighted by Gasteiger charge is 2.56. The second-order valence-electron chi connectivity index (χ2n) is 6.79. The number of nitrogen functional groups attached to an aromatic ring is 1. The van der Waals surface area contributed by atoms with Crippen molar-refractivity contribution in [3.05, 3.63) is 11.1 Å². The number of anilines is 1. The summed E-state index contributed by atoms with van der Waals surface area (Å²) in [4.78, 5) is 19.1. The maximum absolute atomic E-state index is 12.3. The van der Waals surface area contributed by atoms with Gasteiger partial charge in [0, 0.05) is 24.3 Å². The van der Waals surface area contributed by atoms with Crippen LogP contribution in [0, 0.1) is 5.92 Å². The molecule has 6 nitrogen and oxygen atoms in total. The molecule has 0 bridgehead atoms. The minimum absolute atomic E-state index is 0.121. The fraction of sp³-hybridized carbons (Fsp3) is 0.750. The first-order valence-electron chi connectivity index (χ1n) is 8.57. The van der Waals surface area contributed by atoms with Crippen molar-refractivity contribution in [2.45, 2.75) is 50.3 Å². The summed E-state index contributed by atoms with van der Waals surface area (Å²) >= 11 is 1.43. The molecule has 4 rings (SSSR count). The smallest absolute Gasteiger partial charge is 0.220 e. The third-order valence-corrected chi connectivity index (χ3v) is 6.14. The van der Waals surface area contributed by atoms with Gasteiger partial charge in [0.05, 0.1) is 23.9 Å². The predicted molar refractivity (Wildman–Crippen MR) is 89.2 cm³/mol. The van der Waals surface area contributed by atoms with Crippen LogP contribution in [0.25, 0.3) is 0 Å². The number of aryl methyl sites for hydroxylation is 1. The van der Waals surface area contributed by atoms with Gasteiger partial charge in [-0.3, -0.25) is 9.69 Å². The Morgan fingerprint density at radius 1 is 1.48 bits per heavy atom. The highest BCUT2D eigenvalue weighted by molar-refractivity contribution is 7.13. The van der Waals surface area contributed by atoms with E-state index in [1.807, 2.05) is 5.38 Å². The van der Waals surface area contributed by atoms with E-state index in [-0.39, 0.29) is 11.9 Å². The monoisotopic (exact) mass is 336 g/mol. The van der Waals surface area contributed by atoms with Crippen molar-refractivity contribution in [3.8, 4) is 0 Å². The predicted octanol–water partition coefficient (Wildman–Crippen LogP) is 1.03. The molecular formula is C16H24N4O2S. The lowest BCUT2D eigenvalue weighted by Crippen LogP contribution is -2.70. The minimum Gasteiger partial charge on any atom is -0.376 e. The number of thiazole rings is 1. The van der Waals surface area contributed by atoms with Crippen LogP contribution in [0.2, 0.25) is 0 Å². The number of nitrogens with two attached hydrogens (primary N) is 1. The molecule has 23 heavy (non-hydrogen) atoms. The molecule has 1 aliphatic carbocycles. The van der Waals surface area contributed by atoms with E-state index in [4.69, 9.17) is 10.5 Å². The van der Waals surface area contributed by atoms with E-state index >= 15 is 0 Å². The maximum Gasteiger partial charge on any atom is 0.220 e. The summed E-state index contributed by atoms with van der Waals surface area (Å²) in [6.45, 7) is 3.12. The highest BCUT2D eigenvalue weighted by atomic mass is 32.1. The first kappa shape index (κ1) is 15.4. The Kier molecular flexibility index (Phi) is 4.26. The number of hydrogen-bond donors (Lipinski definition) is 2. The fourth-order valence-electron chi connectivity index (χ4n) is 4.28. The Balaban J connectivity index is 1.33. The van der Waals surface area contributed by atoms with Crippen molar-refractivity contribution < 1.29 is 9.53 Å². The van der Waals surface area contributed by atoms with Crippen LogP contribution in [0.4, 0.5) is 5.13 Å². The van der Waals surface area contributed by atoms with E-state index in [9.17, 15) is 4.79 Å². The van der Waals surface area contributed by atoms with E-state index in [2.05, 4.69) is 15.2 Å². The van der Waals surface area contributed by atoms with Crippen molar-refractivity contribution in [1.82, 2.24) is 15.2 Å². The van der Waals surface area contributed by atoms with Crippen LogP contribution >= 0.6 is 11.3 Å². The molecule has 1 amide bonds. The zero-order valence-corrected chi connectivity index (χ0v) is 14.1. The number of fused-ring (bicyclic) bond motifs is 1. The average molecular weight is 336 g/mol. The third kappa shape index (κ3) is 2.97.